The van der Waals surface area contributed by atoms with Crippen LogP contribution in [0.25, 0.3) is 0 Å². The van der Waals surface area contributed by atoms with Crippen molar-refractivity contribution in [2.45, 2.75) is 47.0 Å². The quantitative estimate of drug-likeness (QED) is 0.553. The number of rotatable bonds is 1. The first-order chi connectivity index (χ1) is 6.41. The molecule has 0 aliphatic carbocycles. The van der Waals surface area contributed by atoms with E-state index < -0.39 is 0 Å². The van der Waals surface area contributed by atoms with Gasteiger partial charge in [0.1, 0.15) is 0 Å². The molecule has 2 heteroatoms. The molecule has 0 unspecified atom stereocenters. The molecule has 0 saturated heterocycles. The van der Waals surface area contributed by atoms with Crippen LogP contribution in [-0.4, -0.2) is 12.4 Å². The van der Waals surface area contributed by atoms with Crippen LogP contribution < -0.4 is 0 Å². The number of hydrogen-bond acceptors (Lipinski definition) is 2. The minimum atomic E-state index is 0.917. The summed E-state index contributed by atoms with van der Waals surface area (Å²) in [4.78, 5) is 0. The van der Waals surface area contributed by atoms with E-state index in [1.807, 2.05) is 20.8 Å². The molecule has 1 aliphatic rings. The summed E-state index contributed by atoms with van der Waals surface area (Å²) in [5.41, 5.74) is 0. The molecule has 0 bridgehead atoms. The van der Waals surface area contributed by atoms with Crippen molar-refractivity contribution in [2.75, 3.05) is 0 Å². The van der Waals surface area contributed by atoms with Crippen LogP contribution in [0.1, 0.15) is 47.0 Å². The Morgan fingerprint density at radius 3 is 1.92 bits per heavy atom. The van der Waals surface area contributed by atoms with Crippen LogP contribution in [0, 0.1) is 11.8 Å². The Morgan fingerprint density at radius 2 is 1.77 bits per heavy atom. The molecule has 1 aliphatic heterocycles. The fourth-order valence-electron chi connectivity index (χ4n) is 0.486. The molecule has 0 spiro atoms. The minimum absolute atomic E-state index is 0.917. The van der Waals surface area contributed by atoms with Gasteiger partial charge in [-0.15, -0.1) is 11.8 Å². The maximum absolute atomic E-state index is 3.53. The van der Waals surface area contributed by atoms with Gasteiger partial charge in [0, 0.05) is 25.3 Å². The number of unbranched alkanes of at least 4 members (excludes halogenated alkanes) is 1. The Kier molecular flexibility index (Phi) is 19.0. The van der Waals surface area contributed by atoms with Crippen molar-refractivity contribution in [2.24, 2.45) is 10.2 Å². The second kappa shape index (κ2) is 17.1. The zero-order valence-electron chi connectivity index (χ0n) is 9.17. The molecule has 0 aromatic rings. The van der Waals surface area contributed by atoms with Crippen molar-refractivity contribution in [1.29, 1.82) is 0 Å². The summed E-state index contributed by atoms with van der Waals surface area (Å²) >= 11 is 0. The molecule has 2 nitrogen and oxygen atoms in total. The van der Waals surface area contributed by atoms with E-state index in [0.29, 0.717) is 0 Å². The van der Waals surface area contributed by atoms with Crippen LogP contribution in [0.2, 0.25) is 0 Å². The highest BCUT2D eigenvalue weighted by atomic mass is 15.2. The van der Waals surface area contributed by atoms with Gasteiger partial charge in [-0.25, -0.2) is 0 Å². The van der Waals surface area contributed by atoms with Gasteiger partial charge < -0.3 is 0 Å². The van der Waals surface area contributed by atoms with Crippen LogP contribution >= 0.6 is 0 Å². The summed E-state index contributed by atoms with van der Waals surface area (Å²) in [5.74, 6) is 5.77. The standard InChI is InChI=1S/C6H10.C3H4N2.C2H6/c1-3-5-6-4-2;1-2-4-5-3-1;1-2/h3,5H2,1-2H3;2-3H,1H2;1-2H3. The maximum Gasteiger partial charge on any atom is 0.0324 e. The van der Waals surface area contributed by atoms with E-state index in [1.165, 1.54) is 6.42 Å². The molecule has 1 heterocycles. The number of hydrogen-bond donors (Lipinski definition) is 0. The summed E-state index contributed by atoms with van der Waals surface area (Å²) in [6.45, 7) is 8.00. The predicted octanol–water partition coefficient (Wildman–Crippen LogP) is 3.28. The molecule has 0 atom stereocenters. The summed E-state index contributed by atoms with van der Waals surface area (Å²) < 4.78 is 0. The van der Waals surface area contributed by atoms with E-state index in [1.54, 1.807) is 12.4 Å². The van der Waals surface area contributed by atoms with Crippen LogP contribution in [0.3, 0.4) is 0 Å². The lowest BCUT2D eigenvalue weighted by Crippen LogP contribution is -1.60. The third kappa shape index (κ3) is 18.1. The molecule has 0 radical (unpaired) electrons. The lowest BCUT2D eigenvalue weighted by atomic mass is 10.3. The van der Waals surface area contributed by atoms with Crippen molar-refractivity contribution in [3.05, 3.63) is 0 Å². The lowest BCUT2D eigenvalue weighted by molar-refractivity contribution is 0.983. The zero-order valence-corrected chi connectivity index (χ0v) is 9.17. The second-order valence-corrected chi connectivity index (χ2v) is 2.01. The van der Waals surface area contributed by atoms with Gasteiger partial charge in [0.25, 0.3) is 0 Å². The maximum atomic E-state index is 3.53. The third-order valence-electron chi connectivity index (χ3n) is 0.993. The highest BCUT2D eigenvalue weighted by Crippen LogP contribution is 1.79. The van der Waals surface area contributed by atoms with E-state index >= 15 is 0 Å². The molecule has 74 valence electrons. The molecular weight excluding hydrogens is 160 g/mol. The predicted molar refractivity (Wildman–Crippen MR) is 61.3 cm³/mol. The van der Waals surface area contributed by atoms with E-state index in [0.717, 1.165) is 12.8 Å². The Labute approximate surface area is 82.2 Å². The van der Waals surface area contributed by atoms with Crippen molar-refractivity contribution in [3.63, 3.8) is 0 Å². The Morgan fingerprint density at radius 1 is 1.23 bits per heavy atom. The number of nitrogens with zero attached hydrogens (tertiary/aromatic N) is 2. The van der Waals surface area contributed by atoms with Gasteiger partial charge in [0.2, 0.25) is 0 Å². The van der Waals surface area contributed by atoms with Crippen molar-refractivity contribution in [1.82, 2.24) is 0 Å². The van der Waals surface area contributed by atoms with Gasteiger partial charge in [0.05, 0.1) is 0 Å². The molecule has 0 aromatic carbocycles. The Hall–Kier alpha value is -1.10. The molecule has 0 amide bonds. The van der Waals surface area contributed by atoms with E-state index in [4.69, 9.17) is 0 Å². The van der Waals surface area contributed by atoms with Gasteiger partial charge in [-0.3, -0.25) is 0 Å². The fraction of sp³-hybridized carbons (Fsp3) is 0.636. The highest BCUT2D eigenvalue weighted by molar-refractivity contribution is 5.82. The highest BCUT2D eigenvalue weighted by Gasteiger charge is 1.75. The van der Waals surface area contributed by atoms with E-state index in [-0.39, 0.29) is 0 Å². The average Bonchev–Trinajstić information content (AvgIpc) is 2.76. The molecule has 0 saturated carbocycles. The Balaban J connectivity index is 0. The molecule has 0 N–H and O–H groups in total. The summed E-state index contributed by atoms with van der Waals surface area (Å²) in [6, 6.07) is 0. The first-order valence-electron chi connectivity index (χ1n) is 4.84. The van der Waals surface area contributed by atoms with Gasteiger partial charge in [-0.05, 0) is 13.3 Å². The van der Waals surface area contributed by atoms with Gasteiger partial charge in [-0.2, -0.15) is 10.2 Å². The zero-order chi connectivity index (χ0) is 10.4. The third-order valence-corrected chi connectivity index (χ3v) is 0.993. The van der Waals surface area contributed by atoms with Crippen LogP contribution in [-0.2, 0) is 0 Å². The monoisotopic (exact) mass is 180 g/mol. The van der Waals surface area contributed by atoms with Gasteiger partial charge >= 0.3 is 0 Å². The first-order valence-corrected chi connectivity index (χ1v) is 4.84. The summed E-state index contributed by atoms with van der Waals surface area (Å²) in [7, 11) is 0. The first kappa shape index (κ1) is 14.4. The van der Waals surface area contributed by atoms with E-state index in [9.17, 15) is 0 Å². The average molecular weight is 180 g/mol. The topological polar surface area (TPSA) is 24.7 Å². The summed E-state index contributed by atoms with van der Waals surface area (Å²) in [6.07, 6.45) is 6.68. The molecule has 0 fully saturated rings. The molecule has 1 rings (SSSR count). The van der Waals surface area contributed by atoms with Crippen LogP contribution in [0.15, 0.2) is 10.2 Å². The van der Waals surface area contributed by atoms with Gasteiger partial charge in [0.15, 0.2) is 0 Å². The lowest BCUT2D eigenvalue weighted by Gasteiger charge is -1.71. The minimum Gasteiger partial charge on any atom is -0.164 e. The van der Waals surface area contributed by atoms with Crippen molar-refractivity contribution < 1.29 is 0 Å². The van der Waals surface area contributed by atoms with Crippen LogP contribution in [0.5, 0.6) is 0 Å². The Bertz CT molecular complexity index is 172. The molecular formula is C11H20N2. The van der Waals surface area contributed by atoms with Gasteiger partial charge in [-0.1, -0.05) is 20.8 Å². The largest absolute Gasteiger partial charge is 0.164 e. The molecule has 0 aromatic heterocycles. The molecule has 13 heavy (non-hydrogen) atoms. The smallest absolute Gasteiger partial charge is 0.0324 e. The van der Waals surface area contributed by atoms with Crippen LogP contribution in [0.4, 0.5) is 0 Å². The SMILES string of the molecule is C1=NN=CC1.CC.CC#CCCC. The van der Waals surface area contributed by atoms with Crippen molar-refractivity contribution in [3.8, 4) is 11.8 Å². The summed E-state index contributed by atoms with van der Waals surface area (Å²) in [5, 5.41) is 7.06. The normalized spacial score (nSPS) is 10.2. The van der Waals surface area contributed by atoms with E-state index in [2.05, 4.69) is 29.0 Å². The second-order valence-electron chi connectivity index (χ2n) is 2.01. The fourth-order valence-corrected chi connectivity index (χ4v) is 0.486. The van der Waals surface area contributed by atoms with Crippen molar-refractivity contribution >= 4 is 12.4 Å².